The SMILES string of the molecule is NC(=O)c1cccc2ccc(-c3c[nH]c4ncccc34)cc12. The molecule has 4 heteroatoms. The minimum Gasteiger partial charge on any atom is -0.366 e. The second kappa shape index (κ2) is 4.70. The van der Waals surface area contributed by atoms with Gasteiger partial charge in [-0.3, -0.25) is 4.79 Å². The van der Waals surface area contributed by atoms with E-state index < -0.39 is 5.91 Å². The maximum absolute atomic E-state index is 11.6. The van der Waals surface area contributed by atoms with Gasteiger partial charge in [-0.05, 0) is 40.6 Å². The Morgan fingerprint density at radius 1 is 1.05 bits per heavy atom. The van der Waals surface area contributed by atoms with E-state index in [1.54, 1.807) is 12.3 Å². The number of carbonyl (C=O) groups excluding carboxylic acids is 1. The molecule has 4 rings (SSSR count). The van der Waals surface area contributed by atoms with E-state index in [4.69, 9.17) is 5.73 Å². The number of H-pyrrole nitrogens is 1. The molecule has 0 aliphatic rings. The molecule has 0 atom stereocenters. The summed E-state index contributed by atoms with van der Waals surface area (Å²) in [7, 11) is 0. The Labute approximate surface area is 126 Å². The molecule has 2 aromatic heterocycles. The molecule has 0 saturated carbocycles. The quantitative estimate of drug-likeness (QED) is 0.592. The third-order valence-corrected chi connectivity index (χ3v) is 3.91. The van der Waals surface area contributed by atoms with Crippen molar-refractivity contribution in [2.75, 3.05) is 0 Å². The van der Waals surface area contributed by atoms with Crippen molar-refractivity contribution >= 4 is 27.7 Å². The molecule has 2 aromatic carbocycles. The first-order valence-electron chi connectivity index (χ1n) is 6.99. The summed E-state index contributed by atoms with van der Waals surface area (Å²) in [6.45, 7) is 0. The second-order valence-corrected chi connectivity index (χ2v) is 5.21. The Kier molecular flexibility index (Phi) is 2.69. The average molecular weight is 287 g/mol. The molecule has 0 saturated heterocycles. The first kappa shape index (κ1) is 12.6. The van der Waals surface area contributed by atoms with Crippen LogP contribution in [-0.4, -0.2) is 15.9 Å². The minimum atomic E-state index is -0.414. The molecule has 0 radical (unpaired) electrons. The number of rotatable bonds is 2. The topological polar surface area (TPSA) is 71.8 Å². The lowest BCUT2D eigenvalue weighted by Gasteiger charge is -2.06. The summed E-state index contributed by atoms with van der Waals surface area (Å²) in [6, 6.07) is 15.6. The van der Waals surface area contributed by atoms with Gasteiger partial charge < -0.3 is 10.7 Å². The number of hydrogen-bond donors (Lipinski definition) is 2. The molecule has 106 valence electrons. The van der Waals surface area contributed by atoms with Gasteiger partial charge in [-0.2, -0.15) is 0 Å². The van der Waals surface area contributed by atoms with E-state index in [0.29, 0.717) is 5.56 Å². The molecule has 2 heterocycles. The van der Waals surface area contributed by atoms with E-state index in [-0.39, 0.29) is 0 Å². The van der Waals surface area contributed by atoms with Gasteiger partial charge in [0.05, 0.1) is 0 Å². The number of hydrogen-bond acceptors (Lipinski definition) is 2. The van der Waals surface area contributed by atoms with E-state index in [2.05, 4.69) is 9.97 Å². The third kappa shape index (κ3) is 1.85. The lowest BCUT2D eigenvalue weighted by molar-refractivity contribution is 0.100. The summed E-state index contributed by atoms with van der Waals surface area (Å²) in [4.78, 5) is 19.1. The number of carbonyl (C=O) groups is 1. The molecule has 22 heavy (non-hydrogen) atoms. The van der Waals surface area contributed by atoms with Crippen LogP contribution in [0.2, 0.25) is 0 Å². The van der Waals surface area contributed by atoms with E-state index in [0.717, 1.165) is 32.9 Å². The van der Waals surface area contributed by atoms with Crippen molar-refractivity contribution in [3.8, 4) is 11.1 Å². The Balaban J connectivity index is 2.00. The van der Waals surface area contributed by atoms with Crippen molar-refractivity contribution in [2.45, 2.75) is 0 Å². The summed E-state index contributed by atoms with van der Waals surface area (Å²) >= 11 is 0. The van der Waals surface area contributed by atoms with E-state index in [1.807, 2.05) is 48.7 Å². The largest absolute Gasteiger partial charge is 0.366 e. The molecular formula is C18H13N3O. The van der Waals surface area contributed by atoms with E-state index in [9.17, 15) is 4.79 Å². The van der Waals surface area contributed by atoms with Crippen molar-refractivity contribution < 1.29 is 4.79 Å². The lowest BCUT2D eigenvalue weighted by Crippen LogP contribution is -2.11. The Morgan fingerprint density at radius 3 is 2.82 bits per heavy atom. The number of nitrogens with one attached hydrogen (secondary N) is 1. The van der Waals surface area contributed by atoms with Gasteiger partial charge in [0.1, 0.15) is 5.65 Å². The first-order chi connectivity index (χ1) is 10.7. The number of nitrogens with zero attached hydrogens (tertiary/aromatic N) is 1. The minimum absolute atomic E-state index is 0.414. The van der Waals surface area contributed by atoms with Crippen molar-refractivity contribution in [2.24, 2.45) is 5.73 Å². The lowest BCUT2D eigenvalue weighted by atomic mass is 9.98. The molecule has 4 aromatic rings. The number of pyridine rings is 1. The molecular weight excluding hydrogens is 274 g/mol. The highest BCUT2D eigenvalue weighted by molar-refractivity contribution is 6.08. The number of amides is 1. The normalized spacial score (nSPS) is 11.1. The van der Waals surface area contributed by atoms with Crippen molar-refractivity contribution in [3.63, 3.8) is 0 Å². The number of primary amides is 1. The molecule has 0 fully saturated rings. The van der Waals surface area contributed by atoms with E-state index >= 15 is 0 Å². The van der Waals surface area contributed by atoms with Gasteiger partial charge in [0.2, 0.25) is 5.91 Å². The van der Waals surface area contributed by atoms with Crippen LogP contribution >= 0.6 is 0 Å². The average Bonchev–Trinajstić information content (AvgIpc) is 2.97. The Hall–Kier alpha value is -3.14. The Bertz CT molecular complexity index is 1020. The maximum Gasteiger partial charge on any atom is 0.249 e. The maximum atomic E-state index is 11.6. The van der Waals surface area contributed by atoms with Crippen LogP contribution in [0.4, 0.5) is 0 Å². The highest BCUT2D eigenvalue weighted by Gasteiger charge is 2.10. The number of aromatic amines is 1. The van der Waals surface area contributed by atoms with Crippen LogP contribution in [0.25, 0.3) is 32.9 Å². The fourth-order valence-electron chi connectivity index (χ4n) is 2.85. The third-order valence-electron chi connectivity index (χ3n) is 3.91. The van der Waals surface area contributed by atoms with Crippen molar-refractivity contribution in [1.82, 2.24) is 9.97 Å². The van der Waals surface area contributed by atoms with Crippen molar-refractivity contribution in [1.29, 1.82) is 0 Å². The molecule has 4 nitrogen and oxygen atoms in total. The highest BCUT2D eigenvalue weighted by Crippen LogP contribution is 2.31. The summed E-state index contributed by atoms with van der Waals surface area (Å²) < 4.78 is 0. The van der Waals surface area contributed by atoms with Crippen molar-refractivity contribution in [3.05, 3.63) is 66.5 Å². The number of nitrogens with two attached hydrogens (primary N) is 1. The fourth-order valence-corrected chi connectivity index (χ4v) is 2.85. The molecule has 0 unspecified atom stereocenters. The van der Waals surface area contributed by atoms with Crippen LogP contribution in [0, 0.1) is 0 Å². The van der Waals surface area contributed by atoms with Gasteiger partial charge in [-0.25, -0.2) is 4.98 Å². The van der Waals surface area contributed by atoms with Crippen LogP contribution < -0.4 is 5.73 Å². The van der Waals surface area contributed by atoms with Gasteiger partial charge in [-0.15, -0.1) is 0 Å². The fraction of sp³-hybridized carbons (Fsp3) is 0. The molecule has 0 aliphatic heterocycles. The van der Waals surface area contributed by atoms with Crippen LogP contribution in [0.5, 0.6) is 0 Å². The van der Waals surface area contributed by atoms with Gasteiger partial charge in [-0.1, -0.05) is 24.3 Å². The van der Waals surface area contributed by atoms with Crippen LogP contribution in [0.3, 0.4) is 0 Å². The number of aromatic nitrogens is 2. The number of benzene rings is 2. The molecule has 1 amide bonds. The zero-order valence-electron chi connectivity index (χ0n) is 11.7. The van der Waals surface area contributed by atoms with E-state index in [1.165, 1.54) is 0 Å². The van der Waals surface area contributed by atoms with Gasteiger partial charge in [0.15, 0.2) is 0 Å². The van der Waals surface area contributed by atoms with Gasteiger partial charge in [0, 0.05) is 28.9 Å². The Morgan fingerprint density at radius 2 is 1.95 bits per heavy atom. The predicted octanol–water partition coefficient (Wildman–Crippen LogP) is 3.48. The summed E-state index contributed by atoms with van der Waals surface area (Å²) in [5.41, 5.74) is 8.96. The summed E-state index contributed by atoms with van der Waals surface area (Å²) in [6.07, 6.45) is 3.69. The smallest absolute Gasteiger partial charge is 0.249 e. The summed E-state index contributed by atoms with van der Waals surface area (Å²) in [5, 5.41) is 2.92. The van der Waals surface area contributed by atoms with Crippen LogP contribution in [0.1, 0.15) is 10.4 Å². The standard InChI is InChI=1S/C18H13N3O/c19-17(22)13-4-1-3-11-6-7-12(9-15(11)13)16-10-21-18-14(16)5-2-8-20-18/h1-10H,(H2,19,22)(H,20,21). The molecule has 3 N–H and O–H groups in total. The predicted molar refractivity (Wildman–Crippen MR) is 87.6 cm³/mol. The van der Waals surface area contributed by atoms with Crippen LogP contribution in [0.15, 0.2) is 60.9 Å². The molecule has 0 spiro atoms. The molecule has 0 bridgehead atoms. The van der Waals surface area contributed by atoms with Gasteiger partial charge >= 0.3 is 0 Å². The summed E-state index contributed by atoms with van der Waals surface area (Å²) in [5.74, 6) is -0.414. The second-order valence-electron chi connectivity index (χ2n) is 5.21. The zero-order chi connectivity index (χ0) is 15.1. The first-order valence-corrected chi connectivity index (χ1v) is 6.99. The van der Waals surface area contributed by atoms with Gasteiger partial charge in [0.25, 0.3) is 0 Å². The zero-order valence-corrected chi connectivity index (χ0v) is 11.7. The number of fused-ring (bicyclic) bond motifs is 2. The monoisotopic (exact) mass is 287 g/mol. The highest BCUT2D eigenvalue weighted by atomic mass is 16.1. The molecule has 0 aliphatic carbocycles. The van der Waals surface area contributed by atoms with Crippen LogP contribution in [-0.2, 0) is 0 Å².